The zero-order valence-corrected chi connectivity index (χ0v) is 15.3. The van der Waals surface area contributed by atoms with E-state index in [2.05, 4.69) is 60.8 Å². The Morgan fingerprint density at radius 3 is 2.19 bits per heavy atom. The molecule has 0 radical (unpaired) electrons. The molecule has 1 saturated heterocycles. The maximum atomic E-state index is 12.5. The van der Waals surface area contributed by atoms with Crippen LogP contribution in [0.25, 0.3) is 11.1 Å². The molecule has 0 saturated carbocycles. The molecule has 1 fully saturated rings. The largest absolute Gasteiger partial charge is 0.448 e. The maximum Gasteiger partial charge on any atom is 0.409 e. The molecule has 4 nitrogen and oxygen atoms in total. The summed E-state index contributed by atoms with van der Waals surface area (Å²) in [6.45, 7) is 5.05. The van der Waals surface area contributed by atoms with Crippen molar-refractivity contribution in [3.63, 3.8) is 0 Å². The highest BCUT2D eigenvalue weighted by Gasteiger charge is 2.30. The third-order valence-corrected chi connectivity index (χ3v) is 5.58. The van der Waals surface area contributed by atoms with Gasteiger partial charge in [-0.05, 0) is 41.6 Å². The van der Waals surface area contributed by atoms with Crippen molar-refractivity contribution in [1.29, 1.82) is 0 Å². The minimum Gasteiger partial charge on any atom is -0.448 e. The van der Waals surface area contributed by atoms with Gasteiger partial charge in [-0.15, -0.1) is 0 Å². The highest BCUT2D eigenvalue weighted by Crippen LogP contribution is 2.44. The minimum atomic E-state index is -0.179. The number of amides is 1. The molecular weight excluding hydrogens is 324 g/mol. The van der Waals surface area contributed by atoms with Gasteiger partial charge in [-0.3, -0.25) is 0 Å². The van der Waals surface area contributed by atoms with Gasteiger partial charge in [0.25, 0.3) is 0 Å². The van der Waals surface area contributed by atoms with Gasteiger partial charge in [-0.25, -0.2) is 4.79 Å². The number of carbonyl (C=O) groups is 1. The summed E-state index contributed by atoms with van der Waals surface area (Å²) in [5.74, 6) is 0.130. The summed E-state index contributed by atoms with van der Waals surface area (Å²) in [5.41, 5.74) is 5.03. The Balaban J connectivity index is 1.41. The van der Waals surface area contributed by atoms with Crippen molar-refractivity contribution in [1.82, 2.24) is 10.2 Å². The molecule has 4 heteroatoms. The number of ether oxygens (including phenoxy) is 1. The fraction of sp³-hybridized carbons (Fsp3) is 0.409. The summed E-state index contributed by atoms with van der Waals surface area (Å²) in [6.07, 6.45) is 1.82. The summed E-state index contributed by atoms with van der Waals surface area (Å²) in [5, 5.41) is 3.46. The van der Waals surface area contributed by atoms with Crippen LogP contribution in [-0.2, 0) is 4.74 Å². The van der Waals surface area contributed by atoms with Crippen LogP contribution in [0.5, 0.6) is 0 Å². The van der Waals surface area contributed by atoms with Gasteiger partial charge in [0.2, 0.25) is 0 Å². The molecule has 136 valence electrons. The van der Waals surface area contributed by atoms with Crippen LogP contribution in [0.15, 0.2) is 48.5 Å². The first-order valence-corrected chi connectivity index (χ1v) is 9.61. The van der Waals surface area contributed by atoms with Gasteiger partial charge >= 0.3 is 6.09 Å². The van der Waals surface area contributed by atoms with Crippen molar-refractivity contribution in [2.24, 2.45) is 0 Å². The summed E-state index contributed by atoms with van der Waals surface area (Å²) < 4.78 is 5.74. The van der Waals surface area contributed by atoms with Crippen LogP contribution < -0.4 is 5.32 Å². The molecule has 1 N–H and O–H groups in total. The van der Waals surface area contributed by atoms with Gasteiger partial charge < -0.3 is 15.0 Å². The molecule has 4 rings (SSSR count). The Kier molecular flexibility index (Phi) is 4.93. The second kappa shape index (κ2) is 7.50. The Labute approximate surface area is 155 Å². The third-order valence-electron chi connectivity index (χ3n) is 5.58. The smallest absolute Gasteiger partial charge is 0.409 e. The van der Waals surface area contributed by atoms with Gasteiger partial charge in [-0.1, -0.05) is 55.5 Å². The Hall–Kier alpha value is -2.33. The summed E-state index contributed by atoms with van der Waals surface area (Å²) in [6, 6.07) is 17.4. The van der Waals surface area contributed by atoms with E-state index < -0.39 is 0 Å². The van der Waals surface area contributed by atoms with E-state index in [1.807, 2.05) is 4.90 Å². The van der Waals surface area contributed by atoms with Gasteiger partial charge in [0.1, 0.15) is 6.61 Å². The highest BCUT2D eigenvalue weighted by atomic mass is 16.6. The van der Waals surface area contributed by atoms with Crippen molar-refractivity contribution in [2.75, 3.05) is 26.2 Å². The lowest BCUT2D eigenvalue weighted by Crippen LogP contribution is -2.45. The van der Waals surface area contributed by atoms with Gasteiger partial charge in [0.15, 0.2) is 0 Å². The standard InChI is InChI=1S/C22H26N2O2/c1-2-23-16-11-13-24(14-12-16)22(25)26-15-21-19-9-5-3-7-17(19)18-8-4-6-10-20(18)21/h3-10,16,21,23H,2,11-15H2,1H3. The van der Waals surface area contributed by atoms with Crippen molar-refractivity contribution < 1.29 is 9.53 Å². The number of hydrogen-bond donors (Lipinski definition) is 1. The lowest BCUT2D eigenvalue weighted by Gasteiger charge is -2.32. The SMILES string of the molecule is CCNC1CCN(C(=O)OCC2c3ccccc3-c3ccccc32)CC1. The Bertz CT molecular complexity index is 736. The predicted octanol–water partition coefficient (Wildman–Crippen LogP) is 4.01. The molecule has 1 aliphatic carbocycles. The predicted molar refractivity (Wildman–Crippen MR) is 103 cm³/mol. The van der Waals surface area contributed by atoms with Crippen LogP contribution in [0, 0.1) is 0 Å². The fourth-order valence-electron chi connectivity index (χ4n) is 4.24. The molecular formula is C22H26N2O2. The fourth-order valence-corrected chi connectivity index (χ4v) is 4.24. The average Bonchev–Trinajstić information content (AvgIpc) is 3.01. The third kappa shape index (κ3) is 3.21. The number of piperidine rings is 1. The van der Waals surface area contributed by atoms with E-state index in [0.717, 1.165) is 32.5 Å². The van der Waals surface area contributed by atoms with Crippen molar-refractivity contribution >= 4 is 6.09 Å². The molecule has 0 spiro atoms. The van der Waals surface area contributed by atoms with E-state index in [9.17, 15) is 4.79 Å². The van der Waals surface area contributed by atoms with Gasteiger partial charge in [0.05, 0.1) is 0 Å². The highest BCUT2D eigenvalue weighted by molar-refractivity contribution is 5.79. The van der Waals surface area contributed by atoms with Crippen molar-refractivity contribution in [3.8, 4) is 11.1 Å². The summed E-state index contributed by atoms with van der Waals surface area (Å²) in [7, 11) is 0. The molecule has 2 aromatic carbocycles. The van der Waals surface area contributed by atoms with E-state index in [0.29, 0.717) is 12.6 Å². The first-order valence-electron chi connectivity index (χ1n) is 9.61. The first kappa shape index (κ1) is 17.1. The topological polar surface area (TPSA) is 41.6 Å². The van der Waals surface area contributed by atoms with Crippen LogP contribution in [0.3, 0.4) is 0 Å². The first-order chi connectivity index (χ1) is 12.8. The molecule has 26 heavy (non-hydrogen) atoms. The van der Waals surface area contributed by atoms with Crippen molar-refractivity contribution in [2.45, 2.75) is 31.7 Å². The van der Waals surface area contributed by atoms with E-state index >= 15 is 0 Å². The summed E-state index contributed by atoms with van der Waals surface area (Å²) in [4.78, 5) is 14.4. The number of nitrogens with one attached hydrogen (secondary N) is 1. The summed E-state index contributed by atoms with van der Waals surface area (Å²) >= 11 is 0. The number of nitrogens with zero attached hydrogens (tertiary/aromatic N) is 1. The second-order valence-corrected chi connectivity index (χ2v) is 7.12. The molecule has 0 aromatic heterocycles. The minimum absolute atomic E-state index is 0.130. The van der Waals surface area contributed by atoms with Crippen LogP contribution in [-0.4, -0.2) is 43.3 Å². The number of hydrogen-bond acceptors (Lipinski definition) is 3. The normalized spacial score (nSPS) is 17.0. The van der Waals surface area contributed by atoms with E-state index in [4.69, 9.17) is 4.74 Å². The molecule has 1 heterocycles. The number of rotatable bonds is 4. The van der Waals surface area contributed by atoms with E-state index in [1.54, 1.807) is 0 Å². The number of carbonyl (C=O) groups excluding carboxylic acids is 1. The second-order valence-electron chi connectivity index (χ2n) is 7.12. The zero-order chi connectivity index (χ0) is 17.9. The number of fused-ring (bicyclic) bond motifs is 3. The maximum absolute atomic E-state index is 12.5. The monoisotopic (exact) mass is 350 g/mol. The average molecular weight is 350 g/mol. The molecule has 1 amide bonds. The quantitative estimate of drug-likeness (QED) is 0.906. The van der Waals surface area contributed by atoms with E-state index in [-0.39, 0.29) is 12.0 Å². The van der Waals surface area contributed by atoms with Crippen LogP contribution >= 0.6 is 0 Å². The van der Waals surface area contributed by atoms with Gasteiger partial charge in [-0.2, -0.15) is 0 Å². The number of likely N-dealkylation sites (tertiary alicyclic amines) is 1. The molecule has 2 aliphatic rings. The van der Waals surface area contributed by atoms with Gasteiger partial charge in [0, 0.05) is 25.0 Å². The zero-order valence-electron chi connectivity index (χ0n) is 15.3. The van der Waals surface area contributed by atoms with Crippen LogP contribution in [0.2, 0.25) is 0 Å². The van der Waals surface area contributed by atoms with Crippen LogP contribution in [0.1, 0.15) is 36.8 Å². The van der Waals surface area contributed by atoms with E-state index in [1.165, 1.54) is 22.3 Å². The van der Waals surface area contributed by atoms with Crippen LogP contribution in [0.4, 0.5) is 4.79 Å². The lowest BCUT2D eigenvalue weighted by atomic mass is 9.98. The van der Waals surface area contributed by atoms with Crippen molar-refractivity contribution in [3.05, 3.63) is 59.7 Å². The molecule has 1 aliphatic heterocycles. The molecule has 0 unspecified atom stereocenters. The molecule has 0 bridgehead atoms. The Morgan fingerprint density at radius 2 is 1.62 bits per heavy atom. The Morgan fingerprint density at radius 1 is 1.04 bits per heavy atom. The molecule has 0 atom stereocenters. The molecule has 2 aromatic rings. The number of benzene rings is 2. The lowest BCUT2D eigenvalue weighted by molar-refractivity contribution is 0.0887.